The average molecular weight is 248 g/mol. The predicted molar refractivity (Wildman–Crippen MR) is 69.0 cm³/mol. The van der Waals surface area contributed by atoms with E-state index in [0.717, 1.165) is 31.8 Å². The van der Waals surface area contributed by atoms with Crippen molar-refractivity contribution < 1.29 is 0 Å². The maximum atomic E-state index is 4.42. The Balaban J connectivity index is 1.78. The van der Waals surface area contributed by atoms with Gasteiger partial charge in [-0.25, -0.2) is 4.98 Å². The van der Waals surface area contributed by atoms with E-state index in [2.05, 4.69) is 33.6 Å². The van der Waals surface area contributed by atoms with Crippen LogP contribution in [0.5, 0.6) is 0 Å². The molecule has 98 valence electrons. The minimum absolute atomic E-state index is 0.850. The third-order valence-electron chi connectivity index (χ3n) is 2.81. The first kappa shape index (κ1) is 12.8. The fourth-order valence-electron chi connectivity index (χ4n) is 1.95. The molecule has 0 spiro atoms. The Labute approximate surface area is 107 Å². The molecule has 0 aliphatic rings. The Morgan fingerprint density at radius 3 is 2.72 bits per heavy atom. The van der Waals surface area contributed by atoms with E-state index in [0.29, 0.717) is 0 Å². The van der Waals surface area contributed by atoms with Crippen LogP contribution in [0.1, 0.15) is 24.0 Å². The van der Waals surface area contributed by atoms with E-state index in [1.54, 1.807) is 11.0 Å². The Morgan fingerprint density at radius 2 is 2.06 bits per heavy atom. The van der Waals surface area contributed by atoms with E-state index in [4.69, 9.17) is 0 Å². The van der Waals surface area contributed by atoms with E-state index in [1.807, 2.05) is 18.8 Å². The van der Waals surface area contributed by atoms with Crippen LogP contribution in [0.4, 0.5) is 0 Å². The predicted octanol–water partition coefficient (Wildman–Crippen LogP) is 0.443. The summed E-state index contributed by atoms with van der Waals surface area (Å²) in [5.74, 6) is 0.881. The van der Waals surface area contributed by atoms with Gasteiger partial charge in [-0.3, -0.25) is 9.36 Å². The monoisotopic (exact) mass is 248 g/mol. The summed E-state index contributed by atoms with van der Waals surface area (Å²) < 4.78 is 3.60. The van der Waals surface area contributed by atoms with E-state index >= 15 is 0 Å². The molecule has 0 bridgehead atoms. The summed E-state index contributed by atoms with van der Waals surface area (Å²) in [5, 5.41) is 12.1. The van der Waals surface area contributed by atoms with Crippen LogP contribution in [0.3, 0.4) is 0 Å². The summed E-state index contributed by atoms with van der Waals surface area (Å²) in [7, 11) is 3.84. The number of nitrogens with one attached hydrogen (secondary N) is 1. The fourth-order valence-corrected chi connectivity index (χ4v) is 1.95. The highest BCUT2D eigenvalue weighted by Crippen LogP contribution is 2.06. The van der Waals surface area contributed by atoms with Gasteiger partial charge in [0.1, 0.15) is 6.33 Å². The Kier molecular flexibility index (Phi) is 4.09. The van der Waals surface area contributed by atoms with Gasteiger partial charge in [-0.05, 0) is 6.42 Å². The Bertz CT molecular complexity index is 498. The zero-order valence-corrected chi connectivity index (χ0v) is 11.2. The third kappa shape index (κ3) is 3.16. The Hall–Kier alpha value is -1.69. The second-order valence-electron chi connectivity index (χ2n) is 4.39. The normalized spacial score (nSPS) is 11.1. The van der Waals surface area contributed by atoms with Crippen molar-refractivity contribution in [2.45, 2.75) is 26.3 Å². The highest BCUT2D eigenvalue weighted by molar-refractivity contribution is 5.16. The SMILES string of the molecule is CCc1nn(C)cc1CNCCc1ncn(C)n1. The first-order valence-corrected chi connectivity index (χ1v) is 6.25. The van der Waals surface area contributed by atoms with Crippen LogP contribution in [0.25, 0.3) is 0 Å². The molecule has 2 aromatic rings. The summed E-state index contributed by atoms with van der Waals surface area (Å²) in [4.78, 5) is 4.19. The van der Waals surface area contributed by atoms with Crippen molar-refractivity contribution in [1.82, 2.24) is 29.9 Å². The number of aromatic nitrogens is 5. The second-order valence-corrected chi connectivity index (χ2v) is 4.39. The molecule has 0 saturated heterocycles. The minimum atomic E-state index is 0.850. The molecule has 0 aliphatic carbocycles. The van der Waals surface area contributed by atoms with Crippen molar-refractivity contribution in [3.8, 4) is 0 Å². The van der Waals surface area contributed by atoms with Crippen LogP contribution in [-0.4, -0.2) is 31.1 Å². The lowest BCUT2D eigenvalue weighted by atomic mass is 10.2. The van der Waals surface area contributed by atoms with Gasteiger partial charge in [0.05, 0.1) is 5.69 Å². The van der Waals surface area contributed by atoms with Gasteiger partial charge in [-0.1, -0.05) is 6.92 Å². The van der Waals surface area contributed by atoms with Crippen LogP contribution in [-0.2, 0) is 33.5 Å². The minimum Gasteiger partial charge on any atom is -0.312 e. The standard InChI is InChI=1S/C12H20N6/c1-4-11-10(8-17(2)15-11)7-13-6-5-12-14-9-18(3)16-12/h8-9,13H,4-7H2,1-3H3. The summed E-state index contributed by atoms with van der Waals surface area (Å²) in [5.41, 5.74) is 2.44. The van der Waals surface area contributed by atoms with E-state index in [-0.39, 0.29) is 0 Å². The summed E-state index contributed by atoms with van der Waals surface area (Å²) in [6, 6.07) is 0. The van der Waals surface area contributed by atoms with Gasteiger partial charge >= 0.3 is 0 Å². The number of aryl methyl sites for hydroxylation is 3. The molecule has 0 radical (unpaired) electrons. The number of hydrogen-bond acceptors (Lipinski definition) is 4. The molecule has 0 unspecified atom stereocenters. The van der Waals surface area contributed by atoms with E-state index < -0.39 is 0 Å². The van der Waals surface area contributed by atoms with E-state index in [9.17, 15) is 0 Å². The maximum absolute atomic E-state index is 4.42. The molecule has 1 N–H and O–H groups in total. The third-order valence-corrected chi connectivity index (χ3v) is 2.81. The molecule has 2 rings (SSSR count). The highest BCUT2D eigenvalue weighted by Gasteiger charge is 2.05. The molecule has 2 heterocycles. The molecule has 0 saturated carbocycles. The average Bonchev–Trinajstić information content (AvgIpc) is 2.91. The lowest BCUT2D eigenvalue weighted by Gasteiger charge is -2.02. The van der Waals surface area contributed by atoms with Gasteiger partial charge in [-0.15, -0.1) is 0 Å². The molecule has 18 heavy (non-hydrogen) atoms. The number of nitrogens with zero attached hydrogens (tertiary/aromatic N) is 5. The quantitative estimate of drug-likeness (QED) is 0.754. The number of rotatable bonds is 6. The second kappa shape index (κ2) is 5.77. The molecule has 0 atom stereocenters. The highest BCUT2D eigenvalue weighted by atomic mass is 15.3. The van der Waals surface area contributed by atoms with Crippen molar-refractivity contribution in [1.29, 1.82) is 0 Å². The van der Waals surface area contributed by atoms with Gasteiger partial charge in [0.2, 0.25) is 0 Å². The van der Waals surface area contributed by atoms with Crippen LogP contribution >= 0.6 is 0 Å². The lowest BCUT2D eigenvalue weighted by Crippen LogP contribution is -2.17. The first-order chi connectivity index (χ1) is 8.69. The van der Waals surface area contributed by atoms with Crippen LogP contribution in [0.15, 0.2) is 12.5 Å². The molecule has 0 amide bonds. The van der Waals surface area contributed by atoms with Gasteiger partial charge < -0.3 is 5.32 Å². The van der Waals surface area contributed by atoms with Gasteiger partial charge in [0, 0.05) is 45.4 Å². The lowest BCUT2D eigenvalue weighted by molar-refractivity contribution is 0.658. The smallest absolute Gasteiger partial charge is 0.151 e. The molecule has 0 aliphatic heterocycles. The van der Waals surface area contributed by atoms with Crippen molar-refractivity contribution in [3.63, 3.8) is 0 Å². The molecule has 0 fully saturated rings. The Morgan fingerprint density at radius 1 is 1.22 bits per heavy atom. The molecule has 0 aromatic carbocycles. The van der Waals surface area contributed by atoms with Crippen LogP contribution in [0, 0.1) is 0 Å². The molecule has 6 nitrogen and oxygen atoms in total. The van der Waals surface area contributed by atoms with Gasteiger partial charge in [0.15, 0.2) is 5.82 Å². The van der Waals surface area contributed by atoms with Crippen LogP contribution < -0.4 is 5.32 Å². The van der Waals surface area contributed by atoms with E-state index in [1.165, 1.54) is 11.3 Å². The van der Waals surface area contributed by atoms with Crippen molar-refractivity contribution in [2.75, 3.05) is 6.54 Å². The van der Waals surface area contributed by atoms with Crippen molar-refractivity contribution in [2.24, 2.45) is 14.1 Å². The van der Waals surface area contributed by atoms with Crippen molar-refractivity contribution in [3.05, 3.63) is 29.6 Å². The van der Waals surface area contributed by atoms with Crippen LogP contribution in [0.2, 0.25) is 0 Å². The summed E-state index contributed by atoms with van der Waals surface area (Å²) in [6.07, 6.45) is 5.62. The fraction of sp³-hybridized carbons (Fsp3) is 0.583. The molecular weight excluding hydrogens is 228 g/mol. The molecule has 2 aromatic heterocycles. The van der Waals surface area contributed by atoms with Gasteiger partial charge in [0.25, 0.3) is 0 Å². The topological polar surface area (TPSA) is 60.6 Å². The largest absolute Gasteiger partial charge is 0.312 e. The zero-order valence-electron chi connectivity index (χ0n) is 11.2. The van der Waals surface area contributed by atoms with Crippen molar-refractivity contribution >= 4 is 0 Å². The molecular formula is C12H20N6. The first-order valence-electron chi connectivity index (χ1n) is 6.25. The number of hydrogen-bond donors (Lipinski definition) is 1. The molecule has 6 heteroatoms. The maximum Gasteiger partial charge on any atom is 0.151 e. The zero-order chi connectivity index (χ0) is 13.0. The summed E-state index contributed by atoms with van der Waals surface area (Å²) >= 11 is 0. The summed E-state index contributed by atoms with van der Waals surface area (Å²) in [6.45, 7) is 3.86. The van der Waals surface area contributed by atoms with Gasteiger partial charge in [-0.2, -0.15) is 10.2 Å².